The van der Waals surface area contributed by atoms with E-state index < -0.39 is 0 Å². The van der Waals surface area contributed by atoms with Crippen LogP contribution in [0.3, 0.4) is 0 Å². The minimum absolute atomic E-state index is 0.235. The molecular formula is C15H25N3. The molecule has 1 aromatic heterocycles. The van der Waals surface area contributed by atoms with Gasteiger partial charge < -0.3 is 5.32 Å². The van der Waals surface area contributed by atoms with Crippen LogP contribution in [0.1, 0.15) is 32.8 Å². The number of hydrogen-bond acceptors (Lipinski definition) is 3. The quantitative estimate of drug-likeness (QED) is 0.885. The van der Waals surface area contributed by atoms with Crippen LogP contribution in [0, 0.1) is 5.92 Å². The lowest BCUT2D eigenvalue weighted by atomic mass is 10.1. The van der Waals surface area contributed by atoms with Gasteiger partial charge in [0.2, 0.25) is 0 Å². The molecule has 0 aromatic carbocycles. The Morgan fingerprint density at radius 1 is 1.33 bits per heavy atom. The van der Waals surface area contributed by atoms with Crippen molar-refractivity contribution in [1.29, 1.82) is 0 Å². The Balaban J connectivity index is 1.75. The van der Waals surface area contributed by atoms with Crippen LogP contribution in [0.15, 0.2) is 24.5 Å². The Labute approximate surface area is 111 Å². The van der Waals surface area contributed by atoms with Crippen LogP contribution in [0.4, 0.5) is 0 Å². The van der Waals surface area contributed by atoms with Gasteiger partial charge in [-0.05, 0) is 63.9 Å². The van der Waals surface area contributed by atoms with Crippen LogP contribution in [0.5, 0.6) is 0 Å². The first kappa shape index (κ1) is 13.5. The lowest BCUT2D eigenvalue weighted by Crippen LogP contribution is -2.39. The predicted octanol–water partition coefficient (Wildman–Crippen LogP) is 2.29. The number of rotatable bonds is 4. The second-order valence-corrected chi connectivity index (χ2v) is 6.38. The minimum atomic E-state index is 0.235. The summed E-state index contributed by atoms with van der Waals surface area (Å²) in [6.07, 6.45) is 5.07. The van der Waals surface area contributed by atoms with E-state index in [-0.39, 0.29) is 5.54 Å². The van der Waals surface area contributed by atoms with Crippen LogP contribution in [0.2, 0.25) is 0 Å². The van der Waals surface area contributed by atoms with E-state index in [0.29, 0.717) is 0 Å². The predicted molar refractivity (Wildman–Crippen MR) is 75.4 cm³/mol. The first-order valence-corrected chi connectivity index (χ1v) is 6.89. The third-order valence-corrected chi connectivity index (χ3v) is 3.45. The Hall–Kier alpha value is -0.930. The van der Waals surface area contributed by atoms with E-state index in [4.69, 9.17) is 0 Å². The van der Waals surface area contributed by atoms with Crippen molar-refractivity contribution < 1.29 is 0 Å². The Bertz CT molecular complexity index is 356. The van der Waals surface area contributed by atoms with E-state index in [0.717, 1.165) is 19.0 Å². The van der Waals surface area contributed by atoms with Gasteiger partial charge in [-0.3, -0.25) is 9.88 Å². The van der Waals surface area contributed by atoms with Crippen molar-refractivity contribution in [3.05, 3.63) is 30.1 Å². The normalized spacial score (nSPS) is 21.4. The summed E-state index contributed by atoms with van der Waals surface area (Å²) in [4.78, 5) is 6.61. The van der Waals surface area contributed by atoms with Gasteiger partial charge in [0.15, 0.2) is 0 Å². The lowest BCUT2D eigenvalue weighted by molar-refractivity contribution is 0.305. The second-order valence-electron chi connectivity index (χ2n) is 6.38. The highest BCUT2D eigenvalue weighted by molar-refractivity contribution is 5.09. The van der Waals surface area contributed by atoms with Crippen molar-refractivity contribution in [2.75, 3.05) is 19.6 Å². The maximum absolute atomic E-state index is 4.06. The van der Waals surface area contributed by atoms with E-state index in [1.165, 1.54) is 25.1 Å². The van der Waals surface area contributed by atoms with Gasteiger partial charge in [-0.1, -0.05) is 0 Å². The molecule has 0 saturated carbocycles. The molecule has 1 fully saturated rings. The molecule has 1 unspecified atom stereocenters. The van der Waals surface area contributed by atoms with Crippen LogP contribution < -0.4 is 5.32 Å². The monoisotopic (exact) mass is 247 g/mol. The molecule has 1 saturated heterocycles. The standard InChI is InChI=1S/C15H25N3/c1-15(2,3)17-10-14-6-9-18(12-14)11-13-4-7-16-8-5-13/h4-5,7-8,14,17H,6,9-12H2,1-3H3. The molecule has 1 aromatic rings. The number of pyridine rings is 1. The van der Waals surface area contributed by atoms with Gasteiger partial charge in [0.1, 0.15) is 0 Å². The summed E-state index contributed by atoms with van der Waals surface area (Å²) < 4.78 is 0. The molecule has 0 aliphatic carbocycles. The zero-order valence-electron chi connectivity index (χ0n) is 11.8. The summed E-state index contributed by atoms with van der Waals surface area (Å²) in [5.41, 5.74) is 1.60. The number of aromatic nitrogens is 1. The SMILES string of the molecule is CC(C)(C)NCC1CCN(Cc2ccncc2)C1. The third kappa shape index (κ3) is 4.39. The fraction of sp³-hybridized carbons (Fsp3) is 0.667. The minimum Gasteiger partial charge on any atom is -0.312 e. The van der Waals surface area contributed by atoms with E-state index in [1.807, 2.05) is 12.4 Å². The number of nitrogens with zero attached hydrogens (tertiary/aromatic N) is 2. The smallest absolute Gasteiger partial charge is 0.0271 e. The largest absolute Gasteiger partial charge is 0.312 e. The van der Waals surface area contributed by atoms with Crippen molar-refractivity contribution in [2.45, 2.75) is 39.3 Å². The van der Waals surface area contributed by atoms with Crippen LogP contribution in [-0.2, 0) is 6.54 Å². The highest BCUT2D eigenvalue weighted by atomic mass is 15.1. The van der Waals surface area contributed by atoms with Crippen molar-refractivity contribution in [1.82, 2.24) is 15.2 Å². The molecule has 2 heterocycles. The molecule has 100 valence electrons. The van der Waals surface area contributed by atoms with E-state index in [2.05, 4.69) is 48.1 Å². The van der Waals surface area contributed by atoms with Crippen molar-refractivity contribution >= 4 is 0 Å². The van der Waals surface area contributed by atoms with Gasteiger partial charge in [-0.15, -0.1) is 0 Å². The molecule has 1 N–H and O–H groups in total. The van der Waals surface area contributed by atoms with Gasteiger partial charge in [0.25, 0.3) is 0 Å². The molecule has 18 heavy (non-hydrogen) atoms. The van der Waals surface area contributed by atoms with E-state index in [9.17, 15) is 0 Å². The highest BCUT2D eigenvalue weighted by Crippen LogP contribution is 2.18. The van der Waals surface area contributed by atoms with Crippen molar-refractivity contribution in [3.63, 3.8) is 0 Å². The van der Waals surface area contributed by atoms with E-state index >= 15 is 0 Å². The summed E-state index contributed by atoms with van der Waals surface area (Å²) in [6.45, 7) is 11.3. The highest BCUT2D eigenvalue weighted by Gasteiger charge is 2.23. The molecule has 2 rings (SSSR count). The molecule has 0 bridgehead atoms. The first-order valence-electron chi connectivity index (χ1n) is 6.89. The summed E-state index contributed by atoms with van der Waals surface area (Å²) in [6, 6.07) is 4.22. The van der Waals surface area contributed by atoms with Gasteiger partial charge in [0.05, 0.1) is 0 Å². The molecule has 0 spiro atoms. The fourth-order valence-corrected chi connectivity index (χ4v) is 2.42. The van der Waals surface area contributed by atoms with Gasteiger partial charge >= 0.3 is 0 Å². The van der Waals surface area contributed by atoms with Crippen molar-refractivity contribution in [2.24, 2.45) is 5.92 Å². The topological polar surface area (TPSA) is 28.2 Å². The Morgan fingerprint density at radius 2 is 2.06 bits per heavy atom. The van der Waals surface area contributed by atoms with Crippen LogP contribution in [-0.4, -0.2) is 35.1 Å². The Kier molecular flexibility index (Phi) is 4.36. The van der Waals surface area contributed by atoms with E-state index in [1.54, 1.807) is 0 Å². The number of nitrogens with one attached hydrogen (secondary N) is 1. The van der Waals surface area contributed by atoms with Gasteiger partial charge in [-0.2, -0.15) is 0 Å². The van der Waals surface area contributed by atoms with Gasteiger partial charge in [-0.25, -0.2) is 0 Å². The van der Waals surface area contributed by atoms with Gasteiger partial charge in [0, 0.05) is 31.0 Å². The lowest BCUT2D eigenvalue weighted by Gasteiger charge is -2.23. The summed E-state index contributed by atoms with van der Waals surface area (Å²) in [5.74, 6) is 0.797. The zero-order chi connectivity index (χ0) is 13.0. The molecule has 3 heteroatoms. The molecule has 1 aliphatic heterocycles. The third-order valence-electron chi connectivity index (χ3n) is 3.45. The molecule has 3 nitrogen and oxygen atoms in total. The maximum atomic E-state index is 4.06. The van der Waals surface area contributed by atoms with Crippen LogP contribution in [0.25, 0.3) is 0 Å². The number of hydrogen-bond donors (Lipinski definition) is 1. The summed E-state index contributed by atoms with van der Waals surface area (Å²) >= 11 is 0. The maximum Gasteiger partial charge on any atom is 0.0271 e. The molecule has 0 radical (unpaired) electrons. The first-order chi connectivity index (χ1) is 8.53. The molecule has 1 aliphatic rings. The summed E-state index contributed by atoms with van der Waals surface area (Å²) in [7, 11) is 0. The molecule has 0 amide bonds. The average Bonchev–Trinajstić information content (AvgIpc) is 2.75. The number of likely N-dealkylation sites (tertiary alicyclic amines) is 1. The van der Waals surface area contributed by atoms with Crippen molar-refractivity contribution in [3.8, 4) is 0 Å². The fourth-order valence-electron chi connectivity index (χ4n) is 2.42. The Morgan fingerprint density at radius 3 is 2.72 bits per heavy atom. The summed E-state index contributed by atoms with van der Waals surface area (Å²) in [5, 5.41) is 3.61. The molecule has 1 atom stereocenters. The molecular weight excluding hydrogens is 222 g/mol. The van der Waals surface area contributed by atoms with Crippen LogP contribution >= 0.6 is 0 Å². The second kappa shape index (κ2) is 5.81. The zero-order valence-corrected chi connectivity index (χ0v) is 11.8. The average molecular weight is 247 g/mol.